The van der Waals surface area contributed by atoms with Crippen molar-refractivity contribution in [2.24, 2.45) is 0 Å². The second-order valence-corrected chi connectivity index (χ2v) is 8.19. The number of rotatable bonds is 5. The SMILES string of the molecule is O=C(/C=C/c1ccc2c(c1)OCO2)OCc1cc(Br)cc2c1O[C@H](c1ccccc1)OC2. The van der Waals surface area contributed by atoms with Crippen LogP contribution in [0.2, 0.25) is 0 Å². The van der Waals surface area contributed by atoms with Crippen molar-refractivity contribution in [2.45, 2.75) is 19.5 Å². The van der Waals surface area contributed by atoms with E-state index < -0.39 is 12.3 Å². The molecular formula is C25H19BrO6. The first kappa shape index (κ1) is 20.6. The number of benzene rings is 3. The van der Waals surface area contributed by atoms with Crippen LogP contribution < -0.4 is 14.2 Å². The van der Waals surface area contributed by atoms with E-state index in [1.807, 2.05) is 60.7 Å². The summed E-state index contributed by atoms with van der Waals surface area (Å²) in [4.78, 5) is 12.3. The zero-order valence-electron chi connectivity index (χ0n) is 17.0. The summed E-state index contributed by atoms with van der Waals surface area (Å²) in [5.74, 6) is 1.58. The quantitative estimate of drug-likeness (QED) is 0.342. The molecule has 2 aliphatic rings. The molecule has 32 heavy (non-hydrogen) atoms. The molecule has 5 rings (SSSR count). The monoisotopic (exact) mass is 494 g/mol. The third-order valence-corrected chi connectivity index (χ3v) is 5.53. The van der Waals surface area contributed by atoms with Crippen molar-refractivity contribution >= 4 is 28.0 Å². The molecule has 162 valence electrons. The number of carbonyl (C=O) groups excluding carboxylic acids is 1. The van der Waals surface area contributed by atoms with E-state index in [-0.39, 0.29) is 13.4 Å². The van der Waals surface area contributed by atoms with Crippen LogP contribution in [0.5, 0.6) is 17.2 Å². The molecule has 0 unspecified atom stereocenters. The first-order chi connectivity index (χ1) is 15.7. The lowest BCUT2D eigenvalue weighted by molar-refractivity contribution is -0.139. The molecule has 1 atom stereocenters. The molecule has 0 saturated carbocycles. The van der Waals surface area contributed by atoms with E-state index in [4.69, 9.17) is 23.7 Å². The number of ether oxygens (including phenoxy) is 5. The van der Waals surface area contributed by atoms with Gasteiger partial charge in [0, 0.05) is 27.2 Å². The number of hydrogen-bond donors (Lipinski definition) is 0. The minimum atomic E-state index is -0.509. The summed E-state index contributed by atoms with van der Waals surface area (Å²) in [6.45, 7) is 0.687. The summed E-state index contributed by atoms with van der Waals surface area (Å²) < 4.78 is 29.0. The van der Waals surface area contributed by atoms with E-state index in [0.29, 0.717) is 23.9 Å². The van der Waals surface area contributed by atoms with Gasteiger partial charge in [-0.2, -0.15) is 0 Å². The molecule has 3 aromatic carbocycles. The molecule has 0 fully saturated rings. The molecule has 0 N–H and O–H groups in total. The van der Waals surface area contributed by atoms with Gasteiger partial charge in [0.1, 0.15) is 12.4 Å². The Bertz CT molecular complexity index is 1170. The first-order valence-electron chi connectivity index (χ1n) is 10.0. The lowest BCUT2D eigenvalue weighted by Crippen LogP contribution is -2.19. The molecule has 0 aromatic heterocycles. The standard InChI is InChI=1S/C25H19BrO6/c26-20-11-18(24-19(12-20)14-29-25(32-24)17-4-2-1-3-5-17)13-28-23(27)9-7-16-6-8-21-22(10-16)31-15-30-21/h1-12,25H,13-15H2/b9-7+/t25-/m1/s1. The van der Waals surface area contributed by atoms with Gasteiger partial charge in [0.05, 0.1) is 6.61 Å². The first-order valence-corrected chi connectivity index (χ1v) is 10.8. The summed E-state index contributed by atoms with van der Waals surface area (Å²) in [6.07, 6.45) is 2.56. The van der Waals surface area contributed by atoms with Gasteiger partial charge in [-0.15, -0.1) is 0 Å². The fourth-order valence-electron chi connectivity index (χ4n) is 3.54. The number of hydrogen-bond acceptors (Lipinski definition) is 6. The average Bonchev–Trinajstić information content (AvgIpc) is 3.29. The highest BCUT2D eigenvalue weighted by Crippen LogP contribution is 2.38. The van der Waals surface area contributed by atoms with Crippen molar-refractivity contribution in [1.29, 1.82) is 0 Å². The van der Waals surface area contributed by atoms with Crippen LogP contribution in [0.4, 0.5) is 0 Å². The molecule has 0 bridgehead atoms. The molecule has 0 amide bonds. The molecule has 0 saturated heterocycles. The molecule has 0 radical (unpaired) electrons. The van der Waals surface area contributed by atoms with Crippen LogP contribution >= 0.6 is 15.9 Å². The van der Waals surface area contributed by atoms with E-state index in [1.165, 1.54) is 6.08 Å². The fraction of sp³-hybridized carbons (Fsp3) is 0.160. The third kappa shape index (κ3) is 4.49. The van der Waals surface area contributed by atoms with E-state index in [0.717, 1.165) is 26.7 Å². The minimum absolute atomic E-state index is 0.0770. The van der Waals surface area contributed by atoms with Gasteiger partial charge < -0.3 is 23.7 Å². The molecule has 2 heterocycles. The predicted octanol–water partition coefficient (Wildman–Crippen LogP) is 5.54. The Balaban J connectivity index is 1.27. The Morgan fingerprint density at radius 2 is 1.91 bits per heavy atom. The molecule has 2 aliphatic heterocycles. The van der Waals surface area contributed by atoms with Crippen LogP contribution in [0.25, 0.3) is 6.08 Å². The van der Waals surface area contributed by atoms with E-state index in [2.05, 4.69) is 15.9 Å². The zero-order valence-corrected chi connectivity index (χ0v) is 18.5. The summed E-state index contributed by atoms with van der Waals surface area (Å²) in [7, 11) is 0. The van der Waals surface area contributed by atoms with Crippen molar-refractivity contribution in [1.82, 2.24) is 0 Å². The highest BCUT2D eigenvalue weighted by molar-refractivity contribution is 9.10. The number of halogens is 1. The van der Waals surface area contributed by atoms with Gasteiger partial charge in [-0.3, -0.25) is 0 Å². The summed E-state index contributed by atoms with van der Waals surface area (Å²) >= 11 is 3.51. The largest absolute Gasteiger partial charge is 0.460 e. The Kier molecular flexibility index (Phi) is 5.83. The van der Waals surface area contributed by atoms with Crippen molar-refractivity contribution in [2.75, 3.05) is 6.79 Å². The summed E-state index contributed by atoms with van der Waals surface area (Å²) in [5, 5.41) is 0. The normalized spacial score (nSPS) is 16.5. The maximum absolute atomic E-state index is 12.3. The number of fused-ring (bicyclic) bond motifs is 2. The predicted molar refractivity (Wildman–Crippen MR) is 120 cm³/mol. The highest BCUT2D eigenvalue weighted by Gasteiger charge is 2.25. The lowest BCUT2D eigenvalue weighted by atomic mass is 10.1. The maximum Gasteiger partial charge on any atom is 0.331 e. The highest BCUT2D eigenvalue weighted by atomic mass is 79.9. The van der Waals surface area contributed by atoms with Crippen molar-refractivity contribution in [3.63, 3.8) is 0 Å². The van der Waals surface area contributed by atoms with Crippen LogP contribution in [0, 0.1) is 0 Å². The average molecular weight is 495 g/mol. The van der Waals surface area contributed by atoms with Gasteiger partial charge in [-0.25, -0.2) is 4.79 Å². The van der Waals surface area contributed by atoms with Crippen molar-refractivity contribution < 1.29 is 28.5 Å². The van der Waals surface area contributed by atoms with Crippen LogP contribution in [-0.4, -0.2) is 12.8 Å². The minimum Gasteiger partial charge on any atom is -0.460 e. The van der Waals surface area contributed by atoms with Gasteiger partial charge in [0.25, 0.3) is 0 Å². The maximum atomic E-state index is 12.3. The van der Waals surface area contributed by atoms with Crippen LogP contribution in [-0.2, 0) is 27.5 Å². The molecule has 3 aromatic rings. The molecule has 7 heteroatoms. The third-order valence-electron chi connectivity index (χ3n) is 5.07. The summed E-state index contributed by atoms with van der Waals surface area (Å²) in [6, 6.07) is 19.0. The van der Waals surface area contributed by atoms with Gasteiger partial charge in [-0.05, 0) is 35.9 Å². The second-order valence-electron chi connectivity index (χ2n) is 7.28. The van der Waals surface area contributed by atoms with Gasteiger partial charge >= 0.3 is 5.97 Å². The molecule has 0 spiro atoms. The Morgan fingerprint density at radius 3 is 2.78 bits per heavy atom. The molecule has 0 aliphatic carbocycles. The topological polar surface area (TPSA) is 63.2 Å². The lowest BCUT2D eigenvalue weighted by Gasteiger charge is -2.28. The Morgan fingerprint density at radius 1 is 1.06 bits per heavy atom. The molecular weight excluding hydrogens is 476 g/mol. The summed E-state index contributed by atoms with van der Waals surface area (Å²) in [5.41, 5.74) is 3.41. The zero-order chi connectivity index (χ0) is 21.9. The molecule has 6 nitrogen and oxygen atoms in total. The smallest absolute Gasteiger partial charge is 0.331 e. The van der Waals surface area contributed by atoms with Crippen LogP contribution in [0.3, 0.4) is 0 Å². The Labute approximate surface area is 193 Å². The van der Waals surface area contributed by atoms with E-state index in [9.17, 15) is 4.79 Å². The number of esters is 1. The van der Waals surface area contributed by atoms with E-state index >= 15 is 0 Å². The second kappa shape index (κ2) is 9.06. The van der Waals surface area contributed by atoms with Gasteiger partial charge in [-0.1, -0.05) is 52.3 Å². The van der Waals surface area contributed by atoms with Gasteiger partial charge in [0.2, 0.25) is 13.1 Å². The van der Waals surface area contributed by atoms with Crippen molar-refractivity contribution in [3.8, 4) is 17.2 Å². The van der Waals surface area contributed by atoms with Crippen LogP contribution in [0.1, 0.15) is 28.5 Å². The van der Waals surface area contributed by atoms with E-state index in [1.54, 1.807) is 6.08 Å². The number of carbonyl (C=O) groups is 1. The van der Waals surface area contributed by atoms with Gasteiger partial charge in [0.15, 0.2) is 11.5 Å². The van der Waals surface area contributed by atoms with Crippen molar-refractivity contribution in [3.05, 3.63) is 93.5 Å². The van der Waals surface area contributed by atoms with Crippen LogP contribution in [0.15, 0.2) is 71.2 Å². The Hall–Kier alpha value is -3.29. The fourth-order valence-corrected chi connectivity index (χ4v) is 4.09.